The first-order chi connectivity index (χ1) is 24.0. The second kappa shape index (κ2) is 13.1. The Bertz CT molecular complexity index is 2000. The molecule has 1 saturated heterocycles. The molecule has 2 aromatic carbocycles. The van der Waals surface area contributed by atoms with Gasteiger partial charge in [0.2, 0.25) is 23.6 Å². The van der Waals surface area contributed by atoms with Gasteiger partial charge in [0, 0.05) is 78.6 Å². The fraction of sp³-hybridized carbons (Fsp3) is 0.353. The maximum absolute atomic E-state index is 13.1. The van der Waals surface area contributed by atoms with E-state index in [0.717, 1.165) is 0 Å². The number of nitrogens with one attached hydrogen (secondary N) is 3. The molecule has 50 heavy (non-hydrogen) atoms. The Hall–Kier alpha value is -6.06. The molecule has 2 atom stereocenters. The molecular formula is C34H32N8O8. The Kier molecular flexibility index (Phi) is 8.51. The van der Waals surface area contributed by atoms with Gasteiger partial charge in [0.1, 0.15) is 18.4 Å². The molecule has 6 amide bonds. The molecule has 256 valence electrons. The number of amides is 6. The summed E-state index contributed by atoms with van der Waals surface area (Å²) in [4.78, 5) is 103. The van der Waals surface area contributed by atoms with Crippen LogP contribution in [0.2, 0.25) is 0 Å². The van der Waals surface area contributed by atoms with E-state index in [1.807, 2.05) is 0 Å². The number of hydrogen-bond donors (Lipinski definition) is 3. The summed E-state index contributed by atoms with van der Waals surface area (Å²) >= 11 is 0. The standard InChI is InChI=1S/C34H32N8O8/c43-19-8-9-26(28(44)13-19)41-15-22-20(33(41)49)3-1-5-24(22)35-29(45)11-7-18-14-40(39-38-18)17-31(47)36-25-6-2-4-21-23(25)16-42(34(21)50)27-10-12-30(46)37-32(27)48/h1-6,14,26-27H,7-13,15-17H2,(H,35,45)(H,36,47)(H,37,46,48). The minimum atomic E-state index is -0.776. The first-order valence-electron chi connectivity index (χ1n) is 16.3. The van der Waals surface area contributed by atoms with Gasteiger partial charge < -0.3 is 20.4 Å². The third-order valence-electron chi connectivity index (χ3n) is 9.44. The molecular weight excluding hydrogens is 648 g/mol. The van der Waals surface area contributed by atoms with Gasteiger partial charge in [-0.25, -0.2) is 4.68 Å². The van der Waals surface area contributed by atoms with E-state index in [1.165, 1.54) is 14.5 Å². The molecule has 4 heterocycles. The Morgan fingerprint density at radius 3 is 2.06 bits per heavy atom. The topological polar surface area (TPSA) is 210 Å². The van der Waals surface area contributed by atoms with Crippen LogP contribution in [-0.4, -0.2) is 83.9 Å². The van der Waals surface area contributed by atoms with Gasteiger partial charge in [0.15, 0.2) is 5.78 Å². The summed E-state index contributed by atoms with van der Waals surface area (Å²) in [6, 6.07) is 8.50. The van der Waals surface area contributed by atoms with E-state index in [9.17, 15) is 38.4 Å². The Morgan fingerprint density at radius 1 is 0.800 bits per heavy atom. The van der Waals surface area contributed by atoms with Crippen molar-refractivity contribution >= 4 is 58.4 Å². The van der Waals surface area contributed by atoms with Crippen molar-refractivity contribution in [3.05, 3.63) is 70.5 Å². The molecule has 1 aliphatic carbocycles. The van der Waals surface area contributed by atoms with E-state index >= 15 is 0 Å². The van der Waals surface area contributed by atoms with Crippen molar-refractivity contribution in [2.24, 2.45) is 0 Å². The van der Waals surface area contributed by atoms with Crippen molar-refractivity contribution in [3.63, 3.8) is 0 Å². The first kappa shape index (κ1) is 32.5. The van der Waals surface area contributed by atoms with Gasteiger partial charge in [-0.15, -0.1) is 5.10 Å². The van der Waals surface area contributed by atoms with Crippen molar-refractivity contribution in [3.8, 4) is 0 Å². The van der Waals surface area contributed by atoms with E-state index in [1.54, 1.807) is 42.6 Å². The molecule has 0 spiro atoms. The van der Waals surface area contributed by atoms with Crippen molar-refractivity contribution in [1.29, 1.82) is 0 Å². The number of piperidine rings is 1. The van der Waals surface area contributed by atoms with Gasteiger partial charge in [-0.2, -0.15) is 0 Å². The number of carbonyl (C=O) groups is 8. The minimum Gasteiger partial charge on any atom is -0.326 e. The second-order valence-corrected chi connectivity index (χ2v) is 12.7. The quantitative estimate of drug-likeness (QED) is 0.215. The fourth-order valence-corrected chi connectivity index (χ4v) is 6.94. The number of aryl methyl sites for hydroxylation is 1. The molecule has 0 radical (unpaired) electrons. The van der Waals surface area contributed by atoms with Gasteiger partial charge in [0.05, 0.1) is 18.2 Å². The van der Waals surface area contributed by atoms with Crippen LogP contribution < -0.4 is 16.0 Å². The predicted octanol–water partition coefficient (Wildman–Crippen LogP) is 0.896. The third kappa shape index (κ3) is 6.26. The first-order valence-corrected chi connectivity index (χ1v) is 16.3. The molecule has 4 aliphatic rings. The van der Waals surface area contributed by atoms with E-state index in [2.05, 4.69) is 26.3 Å². The number of imide groups is 1. The molecule has 3 N–H and O–H groups in total. The number of rotatable bonds is 9. The average Bonchev–Trinajstić information content (AvgIpc) is 3.77. The number of Topliss-reactive ketones (excluding diaryl/α,β-unsaturated/α-hetero) is 2. The van der Waals surface area contributed by atoms with Crippen molar-refractivity contribution in [2.45, 2.75) is 76.7 Å². The smallest absolute Gasteiger partial charge is 0.255 e. The average molecular weight is 681 g/mol. The number of fused-ring (bicyclic) bond motifs is 2. The van der Waals surface area contributed by atoms with E-state index in [0.29, 0.717) is 45.7 Å². The largest absolute Gasteiger partial charge is 0.326 e. The molecule has 3 aromatic rings. The highest BCUT2D eigenvalue weighted by molar-refractivity contribution is 6.09. The molecule has 1 saturated carbocycles. The van der Waals surface area contributed by atoms with Gasteiger partial charge >= 0.3 is 0 Å². The maximum atomic E-state index is 13.1. The summed E-state index contributed by atoms with van der Waals surface area (Å²) in [7, 11) is 0. The van der Waals surface area contributed by atoms with Gasteiger partial charge in [-0.1, -0.05) is 17.3 Å². The molecule has 16 nitrogen and oxygen atoms in total. The van der Waals surface area contributed by atoms with Gasteiger partial charge in [-0.05, 0) is 37.1 Å². The lowest BCUT2D eigenvalue weighted by molar-refractivity contribution is -0.137. The zero-order valence-corrected chi connectivity index (χ0v) is 26.8. The van der Waals surface area contributed by atoms with Crippen LogP contribution in [0.15, 0.2) is 42.6 Å². The van der Waals surface area contributed by atoms with Crippen LogP contribution in [0.5, 0.6) is 0 Å². The summed E-state index contributed by atoms with van der Waals surface area (Å²) in [5.74, 6) is -2.69. The highest BCUT2D eigenvalue weighted by Crippen LogP contribution is 2.34. The van der Waals surface area contributed by atoms with E-state index in [4.69, 9.17) is 0 Å². The van der Waals surface area contributed by atoms with Gasteiger partial charge in [-0.3, -0.25) is 43.7 Å². The van der Waals surface area contributed by atoms with Crippen molar-refractivity contribution in [1.82, 2.24) is 30.1 Å². The fourth-order valence-electron chi connectivity index (χ4n) is 6.94. The number of carbonyl (C=O) groups excluding carboxylic acids is 8. The molecule has 3 aliphatic heterocycles. The van der Waals surface area contributed by atoms with Crippen molar-refractivity contribution < 1.29 is 38.4 Å². The molecule has 7 rings (SSSR count). The van der Waals surface area contributed by atoms with Crippen LogP contribution in [0.3, 0.4) is 0 Å². The van der Waals surface area contributed by atoms with Crippen LogP contribution >= 0.6 is 0 Å². The lowest BCUT2D eigenvalue weighted by atomic mass is 9.92. The number of anilines is 2. The zero-order valence-electron chi connectivity index (χ0n) is 26.8. The Labute approximate surface area is 284 Å². The lowest BCUT2D eigenvalue weighted by Crippen LogP contribution is -2.52. The molecule has 1 aromatic heterocycles. The van der Waals surface area contributed by atoms with E-state index in [-0.39, 0.29) is 93.4 Å². The summed E-state index contributed by atoms with van der Waals surface area (Å²) in [5.41, 5.74) is 3.33. The lowest BCUT2D eigenvalue weighted by Gasteiger charge is -2.29. The van der Waals surface area contributed by atoms with Crippen LogP contribution in [0.4, 0.5) is 11.4 Å². The maximum Gasteiger partial charge on any atom is 0.255 e. The summed E-state index contributed by atoms with van der Waals surface area (Å²) in [6.45, 7) is 0.0763. The summed E-state index contributed by atoms with van der Waals surface area (Å²) < 4.78 is 1.33. The normalized spacial score (nSPS) is 20.2. The molecule has 2 unspecified atom stereocenters. The number of aromatic nitrogens is 3. The Morgan fingerprint density at radius 2 is 1.42 bits per heavy atom. The number of hydrogen-bond acceptors (Lipinski definition) is 10. The van der Waals surface area contributed by atoms with Crippen LogP contribution in [0.25, 0.3) is 0 Å². The monoisotopic (exact) mass is 680 g/mol. The SMILES string of the molecule is O=C1CCC(N2Cc3c(NC(=O)CCc4cn(CC(=O)Nc5cccc6c5CN(C5CCC(=O)NC5=O)C6=O)nn4)cccc3C2=O)C(=O)C1. The highest BCUT2D eigenvalue weighted by Gasteiger charge is 2.41. The summed E-state index contributed by atoms with van der Waals surface area (Å²) in [6.07, 6.45) is 2.56. The Balaban J connectivity index is 0.923. The van der Waals surface area contributed by atoms with Crippen LogP contribution in [0.1, 0.15) is 76.1 Å². The molecule has 16 heteroatoms. The third-order valence-corrected chi connectivity index (χ3v) is 9.44. The van der Waals surface area contributed by atoms with Crippen LogP contribution in [0, 0.1) is 0 Å². The number of ketones is 2. The van der Waals surface area contributed by atoms with E-state index < -0.39 is 23.9 Å². The van der Waals surface area contributed by atoms with Gasteiger partial charge in [0.25, 0.3) is 11.8 Å². The zero-order chi connectivity index (χ0) is 35.1. The van der Waals surface area contributed by atoms with Crippen LogP contribution in [-0.2, 0) is 54.8 Å². The second-order valence-electron chi connectivity index (χ2n) is 12.7. The number of nitrogens with zero attached hydrogens (tertiary/aromatic N) is 5. The predicted molar refractivity (Wildman–Crippen MR) is 172 cm³/mol. The summed E-state index contributed by atoms with van der Waals surface area (Å²) in [5, 5.41) is 16.0. The highest BCUT2D eigenvalue weighted by atomic mass is 16.2. The number of benzene rings is 2. The van der Waals surface area contributed by atoms with Crippen molar-refractivity contribution in [2.75, 3.05) is 10.6 Å². The molecule has 0 bridgehead atoms. The minimum absolute atomic E-state index is 0.0449. The molecule has 2 fully saturated rings.